The van der Waals surface area contributed by atoms with E-state index in [9.17, 15) is 22.4 Å². The van der Waals surface area contributed by atoms with Gasteiger partial charge in [-0.1, -0.05) is 0 Å². The number of hydrogen-bond acceptors (Lipinski definition) is 4. The Morgan fingerprint density at radius 3 is 2.41 bits per heavy atom. The maximum Gasteiger partial charge on any atom is 0.254 e. The number of sulfonamides is 1. The average Bonchev–Trinajstić information content (AvgIpc) is 2.45. The van der Waals surface area contributed by atoms with E-state index >= 15 is 0 Å². The summed E-state index contributed by atoms with van der Waals surface area (Å²) in [6.45, 7) is 1.80. The topological polar surface area (TPSA) is 95.6 Å². The standard InChI is InChI=1S/C13H18FN3O4S/c1-4-15-12(18)8-16-13(19)10-7-9(5-6-11(10)14)22(20,21)17(2)3/h5-7H,4,8H2,1-3H3,(H,15,18)(H,16,19). The summed E-state index contributed by atoms with van der Waals surface area (Å²) >= 11 is 0. The minimum atomic E-state index is -3.78. The molecule has 0 radical (unpaired) electrons. The highest BCUT2D eigenvalue weighted by Gasteiger charge is 2.21. The van der Waals surface area contributed by atoms with Crippen molar-refractivity contribution in [2.75, 3.05) is 27.2 Å². The van der Waals surface area contributed by atoms with Crippen LogP contribution in [0.1, 0.15) is 17.3 Å². The number of carbonyl (C=O) groups is 2. The van der Waals surface area contributed by atoms with Crippen molar-refractivity contribution >= 4 is 21.8 Å². The van der Waals surface area contributed by atoms with Crippen LogP contribution in [0.15, 0.2) is 23.1 Å². The molecule has 0 spiro atoms. The number of rotatable bonds is 6. The molecule has 7 nitrogen and oxygen atoms in total. The first-order chi connectivity index (χ1) is 10.2. The monoisotopic (exact) mass is 331 g/mol. The molecule has 0 aliphatic heterocycles. The predicted octanol–water partition coefficient (Wildman–Crippen LogP) is -0.0581. The third-order valence-electron chi connectivity index (χ3n) is 2.74. The molecule has 2 N–H and O–H groups in total. The lowest BCUT2D eigenvalue weighted by atomic mass is 10.2. The summed E-state index contributed by atoms with van der Waals surface area (Å²) in [7, 11) is -1.13. The molecule has 0 aliphatic carbocycles. The van der Waals surface area contributed by atoms with Gasteiger partial charge in [-0.25, -0.2) is 17.1 Å². The zero-order chi connectivity index (χ0) is 16.9. The van der Waals surface area contributed by atoms with Gasteiger partial charge in [0, 0.05) is 20.6 Å². The van der Waals surface area contributed by atoms with Gasteiger partial charge in [0.05, 0.1) is 17.0 Å². The van der Waals surface area contributed by atoms with Crippen molar-refractivity contribution in [1.82, 2.24) is 14.9 Å². The largest absolute Gasteiger partial charge is 0.355 e. The molecule has 0 bridgehead atoms. The smallest absolute Gasteiger partial charge is 0.254 e. The first kappa shape index (κ1) is 18.1. The van der Waals surface area contributed by atoms with Crippen molar-refractivity contribution < 1.29 is 22.4 Å². The fraction of sp³-hybridized carbons (Fsp3) is 0.385. The molecule has 0 heterocycles. The van der Waals surface area contributed by atoms with Crippen molar-refractivity contribution in [3.8, 4) is 0 Å². The first-order valence-electron chi connectivity index (χ1n) is 6.47. The van der Waals surface area contributed by atoms with E-state index in [0.717, 1.165) is 22.5 Å². The molecule has 0 fully saturated rings. The van der Waals surface area contributed by atoms with Gasteiger partial charge in [-0.3, -0.25) is 9.59 Å². The number of nitrogens with one attached hydrogen (secondary N) is 2. The second-order valence-corrected chi connectivity index (χ2v) is 6.72. The van der Waals surface area contributed by atoms with Crippen molar-refractivity contribution in [3.63, 3.8) is 0 Å². The number of halogens is 1. The Bertz CT molecular complexity index is 674. The van der Waals surface area contributed by atoms with Gasteiger partial charge in [0.1, 0.15) is 5.82 Å². The Morgan fingerprint density at radius 2 is 1.86 bits per heavy atom. The molecule has 1 rings (SSSR count). The average molecular weight is 331 g/mol. The van der Waals surface area contributed by atoms with E-state index in [1.807, 2.05) is 0 Å². The molecule has 1 aromatic rings. The number of amides is 2. The van der Waals surface area contributed by atoms with Gasteiger partial charge in [-0.2, -0.15) is 0 Å². The molecule has 1 aromatic carbocycles. The van der Waals surface area contributed by atoms with Crippen LogP contribution in [-0.2, 0) is 14.8 Å². The van der Waals surface area contributed by atoms with E-state index in [4.69, 9.17) is 0 Å². The molecule has 122 valence electrons. The van der Waals surface area contributed by atoms with Crippen molar-refractivity contribution in [2.24, 2.45) is 0 Å². The Morgan fingerprint density at radius 1 is 1.23 bits per heavy atom. The third-order valence-corrected chi connectivity index (χ3v) is 4.56. The minimum Gasteiger partial charge on any atom is -0.355 e. The highest BCUT2D eigenvalue weighted by atomic mass is 32.2. The third kappa shape index (κ3) is 4.25. The van der Waals surface area contributed by atoms with Crippen LogP contribution in [0.5, 0.6) is 0 Å². The number of nitrogens with zero attached hydrogens (tertiary/aromatic N) is 1. The predicted molar refractivity (Wildman–Crippen MR) is 78.3 cm³/mol. The molecule has 0 aromatic heterocycles. The van der Waals surface area contributed by atoms with E-state index < -0.39 is 33.2 Å². The number of carbonyl (C=O) groups excluding carboxylic acids is 2. The van der Waals surface area contributed by atoms with Crippen LogP contribution >= 0.6 is 0 Å². The zero-order valence-corrected chi connectivity index (χ0v) is 13.3. The fourth-order valence-electron chi connectivity index (χ4n) is 1.57. The van der Waals surface area contributed by atoms with Crippen LogP contribution in [0, 0.1) is 5.82 Å². The van der Waals surface area contributed by atoms with Crippen molar-refractivity contribution in [1.29, 1.82) is 0 Å². The quantitative estimate of drug-likeness (QED) is 0.763. The molecule has 0 saturated carbocycles. The van der Waals surface area contributed by atoms with Crippen LogP contribution in [0.4, 0.5) is 4.39 Å². The Hall–Kier alpha value is -2.00. The maximum absolute atomic E-state index is 13.7. The molecule has 0 saturated heterocycles. The second-order valence-electron chi connectivity index (χ2n) is 4.57. The van der Waals surface area contributed by atoms with Gasteiger partial charge in [0.15, 0.2) is 0 Å². The molecule has 0 aliphatic rings. The van der Waals surface area contributed by atoms with E-state index in [2.05, 4.69) is 10.6 Å². The van der Waals surface area contributed by atoms with Gasteiger partial charge >= 0.3 is 0 Å². The molecule has 22 heavy (non-hydrogen) atoms. The summed E-state index contributed by atoms with van der Waals surface area (Å²) in [6.07, 6.45) is 0. The summed E-state index contributed by atoms with van der Waals surface area (Å²) in [6, 6.07) is 2.92. The molecule has 0 atom stereocenters. The lowest BCUT2D eigenvalue weighted by Crippen LogP contribution is -2.37. The molecular formula is C13H18FN3O4S. The summed E-state index contributed by atoms with van der Waals surface area (Å²) in [5.74, 6) is -2.15. The number of likely N-dealkylation sites (N-methyl/N-ethyl adjacent to an activating group) is 1. The first-order valence-corrected chi connectivity index (χ1v) is 7.91. The van der Waals surface area contributed by atoms with E-state index in [1.165, 1.54) is 14.1 Å². The number of benzene rings is 1. The Balaban J connectivity index is 3.00. The van der Waals surface area contributed by atoms with Gasteiger partial charge in [0.25, 0.3) is 5.91 Å². The number of hydrogen-bond donors (Lipinski definition) is 2. The summed E-state index contributed by atoms with van der Waals surface area (Å²) in [5, 5.41) is 4.70. The summed E-state index contributed by atoms with van der Waals surface area (Å²) in [5.41, 5.74) is -0.438. The lowest BCUT2D eigenvalue weighted by molar-refractivity contribution is -0.120. The molecule has 2 amide bonds. The lowest BCUT2D eigenvalue weighted by Gasteiger charge is -2.13. The van der Waals surface area contributed by atoms with Crippen LogP contribution < -0.4 is 10.6 Å². The summed E-state index contributed by atoms with van der Waals surface area (Å²) in [4.78, 5) is 22.9. The molecule has 9 heteroatoms. The van der Waals surface area contributed by atoms with Crippen LogP contribution in [0.3, 0.4) is 0 Å². The van der Waals surface area contributed by atoms with Crippen molar-refractivity contribution in [2.45, 2.75) is 11.8 Å². The normalized spacial score (nSPS) is 11.3. The molecule has 0 unspecified atom stereocenters. The van der Waals surface area contributed by atoms with E-state index in [1.54, 1.807) is 6.92 Å². The summed E-state index contributed by atoms with van der Waals surface area (Å²) < 4.78 is 38.6. The van der Waals surface area contributed by atoms with Crippen LogP contribution in [-0.4, -0.2) is 51.7 Å². The maximum atomic E-state index is 13.7. The fourth-order valence-corrected chi connectivity index (χ4v) is 2.49. The Kier molecular flexibility index (Phi) is 6.01. The van der Waals surface area contributed by atoms with Gasteiger partial charge in [-0.05, 0) is 25.1 Å². The van der Waals surface area contributed by atoms with Gasteiger partial charge in [0.2, 0.25) is 15.9 Å². The van der Waals surface area contributed by atoms with Gasteiger partial charge in [-0.15, -0.1) is 0 Å². The van der Waals surface area contributed by atoms with E-state index in [-0.39, 0.29) is 11.4 Å². The molecular weight excluding hydrogens is 313 g/mol. The highest BCUT2D eigenvalue weighted by molar-refractivity contribution is 7.89. The minimum absolute atomic E-state index is 0.206. The van der Waals surface area contributed by atoms with E-state index in [0.29, 0.717) is 6.54 Å². The Labute approximate surface area is 128 Å². The van der Waals surface area contributed by atoms with Gasteiger partial charge < -0.3 is 10.6 Å². The van der Waals surface area contributed by atoms with Crippen LogP contribution in [0.25, 0.3) is 0 Å². The second kappa shape index (κ2) is 7.32. The van der Waals surface area contributed by atoms with Crippen molar-refractivity contribution in [3.05, 3.63) is 29.6 Å². The highest BCUT2D eigenvalue weighted by Crippen LogP contribution is 2.17. The zero-order valence-electron chi connectivity index (χ0n) is 12.5. The SMILES string of the molecule is CCNC(=O)CNC(=O)c1cc(S(=O)(=O)N(C)C)ccc1F. The van der Waals surface area contributed by atoms with Crippen LogP contribution in [0.2, 0.25) is 0 Å².